The Bertz CT molecular complexity index is 290. The quantitative estimate of drug-likeness (QED) is 0.769. The third kappa shape index (κ3) is 1.95. The van der Waals surface area contributed by atoms with Gasteiger partial charge >= 0.3 is 0 Å². The van der Waals surface area contributed by atoms with Crippen LogP contribution in [0.5, 0.6) is 0 Å². The van der Waals surface area contributed by atoms with Gasteiger partial charge in [-0.3, -0.25) is 0 Å². The molecule has 14 heavy (non-hydrogen) atoms. The summed E-state index contributed by atoms with van der Waals surface area (Å²) in [6.07, 6.45) is 4.36. The molecule has 1 unspecified atom stereocenters. The molecule has 1 aliphatic rings. The maximum atomic E-state index is 4.30. The van der Waals surface area contributed by atoms with Gasteiger partial charge in [-0.05, 0) is 32.2 Å². The van der Waals surface area contributed by atoms with Gasteiger partial charge in [-0.1, -0.05) is 6.92 Å². The fraction of sp³-hybridized carbons (Fsp3) is 0.800. The molecule has 0 radical (unpaired) electrons. The number of nitrogens with one attached hydrogen (secondary N) is 1. The van der Waals surface area contributed by atoms with E-state index in [2.05, 4.69) is 33.9 Å². The van der Waals surface area contributed by atoms with E-state index in [4.69, 9.17) is 0 Å². The molecule has 1 aromatic rings. The lowest BCUT2D eigenvalue weighted by atomic mass is 10.2. The maximum Gasteiger partial charge on any atom is 0.141 e. The number of hydrogen-bond donors (Lipinski definition) is 1. The molecule has 0 aromatic carbocycles. The SMILES string of the molecule is CCNCc1ncnn1C(C)C1CC1. The van der Waals surface area contributed by atoms with Crippen LogP contribution in [0.3, 0.4) is 0 Å². The molecule has 1 fully saturated rings. The summed E-state index contributed by atoms with van der Waals surface area (Å²) >= 11 is 0. The minimum atomic E-state index is 0.520. The van der Waals surface area contributed by atoms with Gasteiger partial charge in [0.2, 0.25) is 0 Å². The molecule has 0 aliphatic heterocycles. The molecule has 2 rings (SSSR count). The fourth-order valence-corrected chi connectivity index (χ4v) is 1.76. The highest BCUT2D eigenvalue weighted by Gasteiger charge is 2.30. The Morgan fingerprint density at radius 1 is 1.64 bits per heavy atom. The van der Waals surface area contributed by atoms with Crippen LogP contribution in [0, 0.1) is 5.92 Å². The highest BCUT2D eigenvalue weighted by atomic mass is 15.4. The predicted molar refractivity (Wildman–Crippen MR) is 54.8 cm³/mol. The summed E-state index contributed by atoms with van der Waals surface area (Å²) in [5, 5.41) is 7.58. The minimum absolute atomic E-state index is 0.520. The first kappa shape index (κ1) is 9.65. The lowest BCUT2D eigenvalue weighted by Crippen LogP contribution is -2.19. The van der Waals surface area contributed by atoms with Gasteiger partial charge in [0.1, 0.15) is 12.2 Å². The summed E-state index contributed by atoms with van der Waals surface area (Å²) in [5.41, 5.74) is 0. The van der Waals surface area contributed by atoms with Crippen LogP contribution in [-0.2, 0) is 6.54 Å². The van der Waals surface area contributed by atoms with Crippen LogP contribution in [0.4, 0.5) is 0 Å². The summed E-state index contributed by atoms with van der Waals surface area (Å²) in [6.45, 7) is 6.14. The van der Waals surface area contributed by atoms with Gasteiger partial charge in [0.05, 0.1) is 12.6 Å². The summed E-state index contributed by atoms with van der Waals surface area (Å²) in [5.74, 6) is 1.89. The van der Waals surface area contributed by atoms with Crippen molar-refractivity contribution in [2.45, 2.75) is 39.3 Å². The molecule has 1 saturated carbocycles. The van der Waals surface area contributed by atoms with Gasteiger partial charge < -0.3 is 5.32 Å². The molecular weight excluding hydrogens is 176 g/mol. The van der Waals surface area contributed by atoms with Crippen molar-refractivity contribution in [2.24, 2.45) is 5.92 Å². The molecule has 0 bridgehead atoms. The summed E-state index contributed by atoms with van der Waals surface area (Å²) in [7, 11) is 0. The number of hydrogen-bond acceptors (Lipinski definition) is 3. The van der Waals surface area contributed by atoms with Crippen molar-refractivity contribution >= 4 is 0 Å². The van der Waals surface area contributed by atoms with Crippen molar-refractivity contribution in [2.75, 3.05) is 6.54 Å². The van der Waals surface area contributed by atoms with Gasteiger partial charge in [-0.25, -0.2) is 9.67 Å². The van der Waals surface area contributed by atoms with E-state index in [1.807, 2.05) is 0 Å². The molecule has 1 aromatic heterocycles. The minimum Gasteiger partial charge on any atom is -0.310 e. The number of aromatic nitrogens is 3. The Kier molecular flexibility index (Phi) is 2.82. The molecule has 0 amide bonds. The molecule has 0 saturated heterocycles. The predicted octanol–water partition coefficient (Wildman–Crippen LogP) is 1.36. The summed E-state index contributed by atoms with van der Waals surface area (Å²) in [4.78, 5) is 4.27. The number of rotatable bonds is 5. The highest BCUT2D eigenvalue weighted by molar-refractivity contribution is 4.91. The van der Waals surface area contributed by atoms with E-state index in [9.17, 15) is 0 Å². The third-order valence-electron chi connectivity index (χ3n) is 2.87. The van der Waals surface area contributed by atoms with Crippen LogP contribution >= 0.6 is 0 Å². The molecule has 1 atom stereocenters. The van der Waals surface area contributed by atoms with Crippen LogP contribution in [0.2, 0.25) is 0 Å². The second kappa shape index (κ2) is 4.09. The Labute approximate surface area is 84.7 Å². The van der Waals surface area contributed by atoms with E-state index in [-0.39, 0.29) is 0 Å². The van der Waals surface area contributed by atoms with Crippen LogP contribution in [0.15, 0.2) is 6.33 Å². The molecular formula is C10H18N4. The summed E-state index contributed by atoms with van der Waals surface area (Å²) < 4.78 is 2.07. The smallest absolute Gasteiger partial charge is 0.141 e. The zero-order valence-electron chi connectivity index (χ0n) is 8.90. The van der Waals surface area contributed by atoms with Crippen molar-refractivity contribution in [3.63, 3.8) is 0 Å². The topological polar surface area (TPSA) is 42.7 Å². The Morgan fingerprint density at radius 2 is 2.43 bits per heavy atom. The zero-order valence-corrected chi connectivity index (χ0v) is 8.90. The lowest BCUT2D eigenvalue weighted by Gasteiger charge is -2.13. The molecule has 1 aliphatic carbocycles. The van der Waals surface area contributed by atoms with E-state index < -0.39 is 0 Å². The first-order chi connectivity index (χ1) is 6.83. The zero-order chi connectivity index (χ0) is 9.97. The second-order valence-corrected chi connectivity index (χ2v) is 3.98. The lowest BCUT2D eigenvalue weighted by molar-refractivity contribution is 0.417. The first-order valence-corrected chi connectivity index (χ1v) is 5.42. The maximum absolute atomic E-state index is 4.30. The van der Waals surface area contributed by atoms with Crippen LogP contribution in [-0.4, -0.2) is 21.3 Å². The fourth-order valence-electron chi connectivity index (χ4n) is 1.76. The van der Waals surface area contributed by atoms with Crippen molar-refractivity contribution < 1.29 is 0 Å². The van der Waals surface area contributed by atoms with Crippen molar-refractivity contribution in [1.82, 2.24) is 20.1 Å². The molecule has 0 spiro atoms. The van der Waals surface area contributed by atoms with Crippen LogP contribution in [0.25, 0.3) is 0 Å². The molecule has 4 heteroatoms. The Morgan fingerprint density at radius 3 is 3.07 bits per heavy atom. The van der Waals surface area contributed by atoms with Crippen molar-refractivity contribution in [3.8, 4) is 0 Å². The normalized spacial score (nSPS) is 18.4. The Hall–Kier alpha value is -0.900. The molecule has 1 N–H and O–H groups in total. The molecule has 78 valence electrons. The third-order valence-corrected chi connectivity index (χ3v) is 2.87. The molecule has 4 nitrogen and oxygen atoms in total. The van der Waals surface area contributed by atoms with Crippen molar-refractivity contribution in [1.29, 1.82) is 0 Å². The number of nitrogens with zero attached hydrogens (tertiary/aromatic N) is 3. The van der Waals surface area contributed by atoms with Crippen LogP contribution < -0.4 is 5.32 Å². The molecule has 1 heterocycles. The average molecular weight is 194 g/mol. The van der Waals surface area contributed by atoms with Gasteiger partial charge in [-0.2, -0.15) is 5.10 Å². The van der Waals surface area contributed by atoms with E-state index in [1.54, 1.807) is 6.33 Å². The van der Waals surface area contributed by atoms with E-state index in [0.717, 1.165) is 24.8 Å². The van der Waals surface area contributed by atoms with Crippen LogP contribution in [0.1, 0.15) is 38.6 Å². The second-order valence-electron chi connectivity index (χ2n) is 3.98. The van der Waals surface area contributed by atoms with E-state index in [0.29, 0.717) is 6.04 Å². The first-order valence-electron chi connectivity index (χ1n) is 5.42. The van der Waals surface area contributed by atoms with Crippen molar-refractivity contribution in [3.05, 3.63) is 12.2 Å². The average Bonchev–Trinajstić information content (AvgIpc) is 2.93. The van der Waals surface area contributed by atoms with E-state index >= 15 is 0 Å². The van der Waals surface area contributed by atoms with Gasteiger partial charge in [-0.15, -0.1) is 0 Å². The van der Waals surface area contributed by atoms with Gasteiger partial charge in [0.25, 0.3) is 0 Å². The van der Waals surface area contributed by atoms with E-state index in [1.165, 1.54) is 12.8 Å². The van der Waals surface area contributed by atoms with Gasteiger partial charge in [0, 0.05) is 0 Å². The Balaban J connectivity index is 2.03. The standard InChI is InChI=1S/C10H18N4/c1-3-11-6-10-12-7-13-14(10)8(2)9-4-5-9/h7-9,11H,3-6H2,1-2H3. The van der Waals surface area contributed by atoms with Gasteiger partial charge in [0.15, 0.2) is 0 Å². The summed E-state index contributed by atoms with van der Waals surface area (Å²) in [6, 6.07) is 0.520. The highest BCUT2D eigenvalue weighted by Crippen LogP contribution is 2.39. The largest absolute Gasteiger partial charge is 0.310 e. The monoisotopic (exact) mass is 194 g/mol.